The molecule has 0 spiro atoms. The van der Waals surface area contributed by atoms with Gasteiger partial charge in [0, 0.05) is 24.4 Å². The van der Waals surface area contributed by atoms with Gasteiger partial charge in [-0.1, -0.05) is 68.1 Å². The second-order valence-electron chi connectivity index (χ2n) is 10.6. The van der Waals surface area contributed by atoms with Crippen LogP contribution in [0.3, 0.4) is 0 Å². The predicted molar refractivity (Wildman–Crippen MR) is 175 cm³/mol. The van der Waals surface area contributed by atoms with Crippen molar-refractivity contribution in [2.75, 3.05) is 26.0 Å². The van der Waals surface area contributed by atoms with Crippen molar-refractivity contribution < 1.29 is 27.4 Å². The van der Waals surface area contributed by atoms with E-state index in [1.165, 1.54) is 47.0 Å². The van der Waals surface area contributed by atoms with Gasteiger partial charge in [0.05, 0.1) is 18.9 Å². The zero-order chi connectivity index (χ0) is 34.0. The molecular weight excluding hydrogens is 631 g/mol. The second kappa shape index (κ2) is 16.0. The number of nitrogens with one attached hydrogen (secondary N) is 1. The first-order valence-corrected chi connectivity index (χ1v) is 15.6. The number of methoxy groups -OCH3 is 1. The number of nitriles is 1. The van der Waals surface area contributed by atoms with Gasteiger partial charge in [0.2, 0.25) is 0 Å². The highest BCUT2D eigenvalue weighted by atomic mass is 32.2. The summed E-state index contributed by atoms with van der Waals surface area (Å²) in [4.78, 5) is 23.4. The van der Waals surface area contributed by atoms with E-state index in [9.17, 15) is 23.2 Å². The van der Waals surface area contributed by atoms with Gasteiger partial charge < -0.3 is 19.7 Å². The van der Waals surface area contributed by atoms with Crippen LogP contribution in [0, 0.1) is 17.2 Å². The molecular formula is C33H34F3N7O3S. The van der Waals surface area contributed by atoms with Gasteiger partial charge in [-0.2, -0.15) is 10.3 Å². The molecule has 1 saturated heterocycles. The number of thioether (sulfide) groups is 1. The summed E-state index contributed by atoms with van der Waals surface area (Å²) in [6.45, 7) is 9.39. The summed E-state index contributed by atoms with van der Waals surface area (Å²) in [6.07, 6.45) is 3.30. The number of rotatable bonds is 11. The van der Waals surface area contributed by atoms with Crippen molar-refractivity contribution in [1.82, 2.24) is 25.0 Å². The number of amides is 2. The van der Waals surface area contributed by atoms with Gasteiger partial charge in [-0.05, 0) is 54.3 Å². The normalized spacial score (nSPS) is 15.5. The Morgan fingerprint density at radius 3 is 2.55 bits per heavy atom. The summed E-state index contributed by atoms with van der Waals surface area (Å²) >= 11 is 1.48. The summed E-state index contributed by atoms with van der Waals surface area (Å²) in [5.41, 5.74) is 2.65. The van der Waals surface area contributed by atoms with Crippen LogP contribution in [0.15, 0.2) is 96.0 Å². The molecule has 0 bridgehead atoms. The highest BCUT2D eigenvalue weighted by molar-refractivity contribution is 8.13. The number of aliphatic imine (C=N–C) groups is 1. The van der Waals surface area contributed by atoms with Gasteiger partial charge in [-0.3, -0.25) is 0 Å². The minimum atomic E-state index is -4.78. The molecule has 0 saturated carbocycles. The molecule has 2 aromatic carbocycles. The van der Waals surface area contributed by atoms with Crippen LogP contribution in [0.1, 0.15) is 31.9 Å². The van der Waals surface area contributed by atoms with Crippen LogP contribution in [0.25, 0.3) is 17.1 Å². The van der Waals surface area contributed by atoms with E-state index in [0.29, 0.717) is 46.0 Å². The van der Waals surface area contributed by atoms with E-state index < -0.39 is 18.4 Å². The Morgan fingerprint density at radius 2 is 1.91 bits per heavy atom. The SMILES string of the molecule is C=C(/C=C\C(=C/CN1CCCS/C1=N\C(=O)NC(C#N)c1ccc(-c2ncn(-c3ccc(OC(F)(F)F)cc3)n2)cc1)OC)C(C)C. The molecule has 3 aromatic rings. The van der Waals surface area contributed by atoms with Crippen LogP contribution in [0.5, 0.6) is 5.75 Å². The Hall–Kier alpha value is -5.03. The van der Waals surface area contributed by atoms with E-state index >= 15 is 0 Å². The fourth-order valence-corrected chi connectivity index (χ4v) is 5.21. The largest absolute Gasteiger partial charge is 0.573 e. The summed E-state index contributed by atoms with van der Waals surface area (Å²) in [5.74, 6) is 1.83. The quantitative estimate of drug-likeness (QED) is 0.169. The van der Waals surface area contributed by atoms with Crippen molar-refractivity contribution in [3.8, 4) is 28.9 Å². The summed E-state index contributed by atoms with van der Waals surface area (Å²) in [7, 11) is 1.60. The Balaban J connectivity index is 1.39. The first-order valence-electron chi connectivity index (χ1n) is 14.6. The van der Waals surface area contributed by atoms with Crippen molar-refractivity contribution in [2.45, 2.75) is 32.7 Å². The molecule has 4 rings (SSSR count). The second-order valence-corrected chi connectivity index (χ2v) is 11.7. The maximum Gasteiger partial charge on any atom is 0.573 e. The van der Waals surface area contributed by atoms with Crippen molar-refractivity contribution in [2.24, 2.45) is 10.9 Å². The molecule has 1 aliphatic heterocycles. The van der Waals surface area contributed by atoms with Gasteiger partial charge in [-0.25, -0.2) is 14.5 Å². The minimum absolute atomic E-state index is 0.324. The number of amidine groups is 1. The maximum absolute atomic E-state index is 12.9. The van der Waals surface area contributed by atoms with Crippen molar-refractivity contribution in [3.63, 3.8) is 0 Å². The van der Waals surface area contributed by atoms with Crippen LogP contribution >= 0.6 is 11.8 Å². The van der Waals surface area contributed by atoms with Crippen LogP contribution in [-0.4, -0.2) is 63.2 Å². The zero-order valence-electron chi connectivity index (χ0n) is 26.1. The zero-order valence-corrected chi connectivity index (χ0v) is 26.9. The van der Waals surface area contributed by atoms with Crippen LogP contribution in [-0.2, 0) is 4.74 Å². The van der Waals surface area contributed by atoms with Crippen molar-refractivity contribution >= 4 is 23.0 Å². The summed E-state index contributed by atoms with van der Waals surface area (Å²) in [6, 6.07) is 12.5. The Bertz CT molecular complexity index is 1670. The van der Waals surface area contributed by atoms with E-state index in [4.69, 9.17) is 4.74 Å². The molecule has 0 aliphatic carbocycles. The first-order chi connectivity index (χ1) is 22.5. The van der Waals surface area contributed by atoms with Gasteiger partial charge in [0.25, 0.3) is 0 Å². The van der Waals surface area contributed by atoms with E-state index in [2.05, 4.69) is 51.6 Å². The van der Waals surface area contributed by atoms with Gasteiger partial charge in [0.15, 0.2) is 11.0 Å². The number of aromatic nitrogens is 3. The average molecular weight is 666 g/mol. The van der Waals surface area contributed by atoms with E-state index in [1.807, 2.05) is 23.1 Å². The van der Waals surface area contributed by atoms with Crippen molar-refractivity contribution in [3.05, 3.63) is 96.6 Å². The Labute approximate surface area is 275 Å². The smallest absolute Gasteiger partial charge is 0.497 e. The number of hydrogen-bond acceptors (Lipinski definition) is 7. The molecule has 2 amide bonds. The third-order valence-corrected chi connectivity index (χ3v) is 8.05. The highest BCUT2D eigenvalue weighted by Crippen LogP contribution is 2.25. The fraction of sp³-hybridized carbons (Fsp3) is 0.303. The van der Waals surface area contributed by atoms with E-state index in [0.717, 1.165) is 24.3 Å². The molecule has 1 fully saturated rings. The van der Waals surface area contributed by atoms with Crippen LogP contribution in [0.4, 0.5) is 18.0 Å². The molecule has 14 heteroatoms. The van der Waals surface area contributed by atoms with Gasteiger partial charge in [-0.15, -0.1) is 18.3 Å². The molecule has 2 heterocycles. The monoisotopic (exact) mass is 665 g/mol. The molecule has 0 radical (unpaired) electrons. The lowest BCUT2D eigenvalue weighted by Crippen LogP contribution is -2.36. The number of ether oxygens (including phenoxy) is 2. The first kappa shape index (κ1) is 34.8. The Morgan fingerprint density at radius 1 is 1.19 bits per heavy atom. The maximum atomic E-state index is 12.9. The summed E-state index contributed by atoms with van der Waals surface area (Å²) < 4.78 is 48.1. The van der Waals surface area contributed by atoms with E-state index in [-0.39, 0.29) is 5.75 Å². The van der Waals surface area contributed by atoms with Gasteiger partial charge in [0.1, 0.15) is 23.9 Å². The molecule has 1 aliphatic rings. The third-order valence-electron chi connectivity index (χ3n) is 6.95. The number of benzene rings is 2. The molecule has 1 N–H and O–H groups in total. The highest BCUT2D eigenvalue weighted by Gasteiger charge is 2.31. The Kier molecular flexibility index (Phi) is 11.9. The number of carbonyl (C=O) groups is 1. The number of halogens is 3. The third kappa shape index (κ3) is 10.2. The fourth-order valence-electron chi connectivity index (χ4n) is 4.26. The number of allylic oxidation sites excluding steroid dienone is 3. The average Bonchev–Trinajstić information content (AvgIpc) is 3.54. The number of urea groups is 1. The minimum Gasteiger partial charge on any atom is -0.497 e. The van der Waals surface area contributed by atoms with Crippen LogP contribution < -0.4 is 10.1 Å². The predicted octanol–water partition coefficient (Wildman–Crippen LogP) is 7.20. The van der Waals surface area contributed by atoms with Crippen LogP contribution in [0.2, 0.25) is 0 Å². The van der Waals surface area contributed by atoms with Gasteiger partial charge >= 0.3 is 12.4 Å². The topological polar surface area (TPSA) is 118 Å². The molecule has 47 heavy (non-hydrogen) atoms. The standard InChI is InChI=1S/C33H34F3N7O3S/c1-22(2)23(3)6-13-27(45-4)16-18-42-17-5-19-47-32(42)40-31(44)39-29(20-37)24-7-9-25(10-8-24)30-38-21-43(41-30)26-11-14-28(15-12-26)46-33(34,35)36/h6-16,21-22,29H,3,5,17-19H2,1-2,4H3,(H,39,44)/b13-6-,27-16+,40-32-. The molecule has 10 nitrogen and oxygen atoms in total. The molecule has 1 atom stereocenters. The lowest BCUT2D eigenvalue weighted by atomic mass is 10.1. The lowest BCUT2D eigenvalue weighted by Gasteiger charge is -2.28. The van der Waals surface area contributed by atoms with Crippen molar-refractivity contribution in [1.29, 1.82) is 5.26 Å². The lowest BCUT2D eigenvalue weighted by molar-refractivity contribution is -0.274. The number of hydrogen-bond donors (Lipinski definition) is 1. The summed E-state index contributed by atoms with van der Waals surface area (Å²) in [5, 5.41) is 17.4. The molecule has 246 valence electrons. The number of nitrogens with zero attached hydrogens (tertiary/aromatic N) is 6. The van der Waals surface area contributed by atoms with E-state index in [1.54, 1.807) is 31.4 Å². The number of carbonyl (C=O) groups excluding carboxylic acids is 1. The molecule has 1 unspecified atom stereocenters. The molecule has 1 aromatic heterocycles. The number of alkyl halides is 3.